The second-order valence-electron chi connectivity index (χ2n) is 4.68. The van der Waals surface area contributed by atoms with Crippen LogP contribution in [-0.4, -0.2) is 26.3 Å². The maximum Gasteiger partial charge on any atom is 0.212 e. The van der Waals surface area contributed by atoms with Gasteiger partial charge in [-0.25, -0.2) is 13.1 Å². The Balaban J connectivity index is 2.41. The number of sulfonamides is 1. The monoisotopic (exact) mass is 234 g/mol. The Hall–Kier alpha value is -0.130. The molecule has 0 atom stereocenters. The van der Waals surface area contributed by atoms with Gasteiger partial charge in [0.1, 0.15) is 0 Å². The molecule has 0 aromatic carbocycles. The van der Waals surface area contributed by atoms with Crippen LogP contribution in [0.3, 0.4) is 0 Å². The summed E-state index contributed by atoms with van der Waals surface area (Å²) in [5.74, 6) is 0.208. The van der Waals surface area contributed by atoms with Crippen LogP contribution in [0.5, 0.6) is 0 Å². The number of hydrogen-bond donors (Lipinski definition) is 2. The zero-order valence-corrected chi connectivity index (χ0v) is 10.3. The smallest absolute Gasteiger partial charge is 0.212 e. The summed E-state index contributed by atoms with van der Waals surface area (Å²) in [6, 6.07) is 0. The molecule has 0 aliphatic heterocycles. The highest BCUT2D eigenvalue weighted by atomic mass is 32.2. The molecule has 0 unspecified atom stereocenters. The first-order chi connectivity index (χ1) is 6.97. The molecule has 0 radical (unpaired) electrons. The molecule has 0 bridgehead atoms. The fraction of sp³-hybridized carbons (Fsp3) is 1.00. The molecule has 0 spiro atoms. The van der Waals surface area contributed by atoms with Gasteiger partial charge >= 0.3 is 0 Å². The van der Waals surface area contributed by atoms with Crippen LogP contribution in [0.4, 0.5) is 0 Å². The molecule has 1 aliphatic carbocycles. The van der Waals surface area contributed by atoms with Crippen molar-refractivity contribution in [2.45, 2.75) is 51.0 Å². The van der Waals surface area contributed by atoms with Crippen molar-refractivity contribution in [1.29, 1.82) is 0 Å². The summed E-state index contributed by atoms with van der Waals surface area (Å²) in [5, 5.41) is 0. The Kier molecular flexibility index (Phi) is 4.55. The zero-order valence-electron chi connectivity index (χ0n) is 9.46. The van der Waals surface area contributed by atoms with Crippen molar-refractivity contribution in [1.82, 2.24) is 4.72 Å². The number of unbranched alkanes of at least 4 members (excludes halogenated alkanes) is 1. The largest absolute Gasteiger partial charge is 0.330 e. The van der Waals surface area contributed by atoms with Crippen molar-refractivity contribution in [2.75, 3.05) is 12.3 Å². The molecule has 3 N–H and O–H groups in total. The van der Waals surface area contributed by atoms with E-state index in [-0.39, 0.29) is 11.3 Å². The molecule has 1 rings (SSSR count). The topological polar surface area (TPSA) is 72.2 Å². The number of hydrogen-bond acceptors (Lipinski definition) is 3. The van der Waals surface area contributed by atoms with Crippen LogP contribution in [0, 0.1) is 0 Å². The van der Waals surface area contributed by atoms with Gasteiger partial charge in [0.2, 0.25) is 10.0 Å². The van der Waals surface area contributed by atoms with E-state index in [1.807, 2.05) is 6.92 Å². The van der Waals surface area contributed by atoms with E-state index in [9.17, 15) is 8.42 Å². The molecular weight excluding hydrogens is 212 g/mol. The van der Waals surface area contributed by atoms with E-state index in [2.05, 4.69) is 4.72 Å². The Morgan fingerprint density at radius 1 is 1.27 bits per heavy atom. The van der Waals surface area contributed by atoms with Crippen LogP contribution in [0.1, 0.15) is 45.4 Å². The van der Waals surface area contributed by atoms with E-state index in [0.29, 0.717) is 13.0 Å². The van der Waals surface area contributed by atoms with E-state index in [1.165, 1.54) is 0 Å². The second-order valence-corrected chi connectivity index (χ2v) is 6.53. The zero-order chi connectivity index (χ0) is 11.4. The minimum absolute atomic E-state index is 0.193. The Bertz CT molecular complexity index is 282. The van der Waals surface area contributed by atoms with Crippen LogP contribution < -0.4 is 10.5 Å². The van der Waals surface area contributed by atoms with Gasteiger partial charge in [0.15, 0.2) is 0 Å². The lowest BCUT2D eigenvalue weighted by Crippen LogP contribution is -2.44. The van der Waals surface area contributed by atoms with E-state index in [1.54, 1.807) is 0 Å². The van der Waals surface area contributed by atoms with Gasteiger partial charge in [0, 0.05) is 5.54 Å². The van der Waals surface area contributed by atoms with Crippen LogP contribution in [0.25, 0.3) is 0 Å². The first-order valence-electron chi connectivity index (χ1n) is 5.69. The molecule has 0 heterocycles. The van der Waals surface area contributed by atoms with Gasteiger partial charge in [-0.15, -0.1) is 0 Å². The molecule has 0 amide bonds. The highest BCUT2D eigenvalue weighted by Crippen LogP contribution is 2.29. The van der Waals surface area contributed by atoms with Crippen LogP contribution >= 0.6 is 0 Å². The summed E-state index contributed by atoms with van der Waals surface area (Å²) in [7, 11) is -3.10. The van der Waals surface area contributed by atoms with Crippen molar-refractivity contribution >= 4 is 10.0 Å². The van der Waals surface area contributed by atoms with Crippen molar-refractivity contribution in [3.63, 3.8) is 0 Å². The van der Waals surface area contributed by atoms with E-state index in [4.69, 9.17) is 5.73 Å². The fourth-order valence-electron chi connectivity index (χ4n) is 2.12. The van der Waals surface area contributed by atoms with E-state index >= 15 is 0 Å². The lowest BCUT2D eigenvalue weighted by molar-refractivity contribution is 0.427. The third-order valence-electron chi connectivity index (χ3n) is 2.98. The summed E-state index contributed by atoms with van der Waals surface area (Å²) in [6.07, 6.45) is 5.61. The Morgan fingerprint density at radius 2 is 1.87 bits per heavy atom. The highest BCUT2D eigenvalue weighted by molar-refractivity contribution is 7.89. The molecule has 4 nitrogen and oxygen atoms in total. The van der Waals surface area contributed by atoms with Crippen LogP contribution in [-0.2, 0) is 10.0 Å². The average molecular weight is 234 g/mol. The average Bonchev–Trinajstić information content (AvgIpc) is 2.50. The van der Waals surface area contributed by atoms with Gasteiger partial charge in [0.05, 0.1) is 5.75 Å². The first-order valence-corrected chi connectivity index (χ1v) is 7.34. The Labute approximate surface area is 92.7 Å². The maximum atomic E-state index is 11.7. The predicted molar refractivity (Wildman–Crippen MR) is 62.1 cm³/mol. The van der Waals surface area contributed by atoms with Crippen molar-refractivity contribution in [3.05, 3.63) is 0 Å². The SMILES string of the molecule is CC1(NS(=O)(=O)CCCCN)CCCC1. The van der Waals surface area contributed by atoms with E-state index in [0.717, 1.165) is 32.1 Å². The van der Waals surface area contributed by atoms with Gasteiger partial charge in [-0.1, -0.05) is 12.8 Å². The quantitative estimate of drug-likeness (QED) is 0.673. The second kappa shape index (κ2) is 5.27. The van der Waals surface area contributed by atoms with Crippen molar-refractivity contribution in [3.8, 4) is 0 Å². The third kappa shape index (κ3) is 4.49. The molecule has 1 aliphatic rings. The van der Waals surface area contributed by atoms with Gasteiger partial charge in [-0.05, 0) is 39.2 Å². The molecule has 1 saturated carbocycles. The minimum atomic E-state index is -3.10. The summed E-state index contributed by atoms with van der Waals surface area (Å²) in [5.41, 5.74) is 5.14. The minimum Gasteiger partial charge on any atom is -0.330 e. The summed E-state index contributed by atoms with van der Waals surface area (Å²) in [6.45, 7) is 2.56. The molecular formula is C10H22N2O2S. The lowest BCUT2D eigenvalue weighted by atomic mass is 10.0. The molecule has 1 fully saturated rings. The van der Waals surface area contributed by atoms with Crippen LogP contribution in [0.2, 0.25) is 0 Å². The molecule has 5 heteroatoms. The predicted octanol–water partition coefficient (Wildman–Crippen LogP) is 0.977. The van der Waals surface area contributed by atoms with Gasteiger partial charge < -0.3 is 5.73 Å². The van der Waals surface area contributed by atoms with Crippen molar-refractivity contribution in [2.24, 2.45) is 5.73 Å². The maximum absolute atomic E-state index is 11.7. The van der Waals surface area contributed by atoms with Gasteiger partial charge in [0.25, 0.3) is 0 Å². The molecule has 15 heavy (non-hydrogen) atoms. The highest BCUT2D eigenvalue weighted by Gasteiger charge is 2.32. The number of nitrogens with two attached hydrogens (primary N) is 1. The van der Waals surface area contributed by atoms with Gasteiger partial charge in [-0.3, -0.25) is 0 Å². The van der Waals surface area contributed by atoms with Crippen molar-refractivity contribution < 1.29 is 8.42 Å². The summed E-state index contributed by atoms with van der Waals surface area (Å²) in [4.78, 5) is 0. The normalized spacial score (nSPS) is 20.7. The summed E-state index contributed by atoms with van der Waals surface area (Å²) >= 11 is 0. The van der Waals surface area contributed by atoms with E-state index < -0.39 is 10.0 Å². The molecule has 0 saturated heterocycles. The fourth-order valence-corrected chi connectivity index (χ4v) is 3.76. The summed E-state index contributed by atoms with van der Waals surface area (Å²) < 4.78 is 26.3. The first kappa shape index (κ1) is 12.9. The molecule has 0 aromatic heterocycles. The molecule has 90 valence electrons. The standard InChI is InChI=1S/C10H22N2O2S/c1-10(6-2-3-7-10)12-15(13,14)9-5-4-8-11/h12H,2-9,11H2,1H3. The number of rotatable bonds is 6. The Morgan fingerprint density at radius 3 is 2.40 bits per heavy atom. The van der Waals surface area contributed by atoms with Crippen LogP contribution in [0.15, 0.2) is 0 Å². The molecule has 0 aromatic rings. The van der Waals surface area contributed by atoms with Gasteiger partial charge in [-0.2, -0.15) is 0 Å². The third-order valence-corrected chi connectivity index (χ3v) is 4.61. The number of nitrogens with one attached hydrogen (secondary N) is 1. The lowest BCUT2D eigenvalue weighted by Gasteiger charge is -2.24.